The van der Waals surface area contributed by atoms with Crippen molar-refractivity contribution in [1.29, 1.82) is 0 Å². The van der Waals surface area contributed by atoms with E-state index in [1.807, 2.05) is 38.2 Å². The highest BCUT2D eigenvalue weighted by Gasteiger charge is 2.26. The van der Waals surface area contributed by atoms with Crippen molar-refractivity contribution in [2.45, 2.75) is 57.8 Å². The van der Waals surface area contributed by atoms with E-state index in [9.17, 15) is 10.1 Å². The van der Waals surface area contributed by atoms with Crippen molar-refractivity contribution in [3.8, 4) is 11.6 Å². The first kappa shape index (κ1) is 28.6. The normalized spacial score (nSPS) is 19.7. The number of aryl methyl sites for hydroxylation is 1. The minimum atomic E-state index is -0.516. The largest absolute Gasteiger partial charge is 0.481 e. The Morgan fingerprint density at radius 1 is 1.07 bits per heavy atom. The monoisotopic (exact) mass is 588 g/mol. The molecule has 2 fully saturated rings. The second kappa shape index (κ2) is 12.4. The Bertz CT molecular complexity index is 1580. The molecule has 0 amide bonds. The van der Waals surface area contributed by atoms with Gasteiger partial charge in [-0.05, 0) is 62.2 Å². The Labute approximate surface area is 249 Å². The summed E-state index contributed by atoms with van der Waals surface area (Å²) < 4.78 is 19.8. The summed E-state index contributed by atoms with van der Waals surface area (Å²) in [5.74, 6) is 2.50. The number of pyridine rings is 3. The van der Waals surface area contributed by atoms with Gasteiger partial charge in [0.15, 0.2) is 11.8 Å². The lowest BCUT2D eigenvalue weighted by atomic mass is 9.93. The van der Waals surface area contributed by atoms with Crippen LogP contribution in [0.1, 0.15) is 50.0 Å². The number of morpholine rings is 1. The second-order valence-corrected chi connectivity index (χ2v) is 11.1. The van der Waals surface area contributed by atoms with Gasteiger partial charge in [0.05, 0.1) is 37.4 Å². The molecule has 0 bridgehead atoms. The summed E-state index contributed by atoms with van der Waals surface area (Å²) in [6, 6.07) is 8.28. The van der Waals surface area contributed by atoms with Gasteiger partial charge in [-0.1, -0.05) is 11.1 Å². The molecule has 1 saturated heterocycles. The highest BCUT2D eigenvalue weighted by Crippen LogP contribution is 2.34. The molecule has 1 aliphatic carbocycles. The van der Waals surface area contributed by atoms with E-state index in [1.165, 1.54) is 10.8 Å². The molecule has 13 nitrogen and oxygen atoms in total. The zero-order valence-corrected chi connectivity index (χ0v) is 24.6. The van der Waals surface area contributed by atoms with E-state index in [2.05, 4.69) is 26.3 Å². The smallest absolute Gasteiger partial charge is 0.434 e. The molecule has 0 spiro atoms. The van der Waals surface area contributed by atoms with Gasteiger partial charge < -0.3 is 34.5 Å². The van der Waals surface area contributed by atoms with Gasteiger partial charge in [-0.15, -0.1) is 0 Å². The summed E-state index contributed by atoms with van der Waals surface area (Å²) in [7, 11) is 1.60. The molecule has 1 aliphatic heterocycles. The molecule has 1 N–H and O–H groups in total. The van der Waals surface area contributed by atoms with Crippen molar-refractivity contribution in [2.75, 3.05) is 36.5 Å². The highest BCUT2D eigenvalue weighted by atomic mass is 16.6. The third-order valence-electron chi connectivity index (χ3n) is 8.05. The number of nitro groups is 1. The molecule has 226 valence electrons. The number of aromatic nitrogens is 5. The zero-order valence-electron chi connectivity index (χ0n) is 24.6. The van der Waals surface area contributed by atoms with Gasteiger partial charge in [0.1, 0.15) is 29.7 Å². The average Bonchev–Trinajstić information content (AvgIpc) is 3.41. The summed E-state index contributed by atoms with van der Waals surface area (Å²) in [6.45, 7) is 6.64. The Hall–Kier alpha value is -4.52. The first-order valence-corrected chi connectivity index (χ1v) is 14.7. The van der Waals surface area contributed by atoms with Gasteiger partial charge >= 0.3 is 5.95 Å². The molecule has 1 saturated carbocycles. The van der Waals surface area contributed by atoms with Crippen molar-refractivity contribution in [3.05, 3.63) is 64.2 Å². The van der Waals surface area contributed by atoms with E-state index in [0.29, 0.717) is 36.6 Å². The molecule has 4 aromatic rings. The molecule has 4 aromatic heterocycles. The number of imidazole rings is 1. The van der Waals surface area contributed by atoms with Gasteiger partial charge in [-0.3, -0.25) is 4.98 Å². The summed E-state index contributed by atoms with van der Waals surface area (Å²) in [4.78, 5) is 31.0. The Kier molecular flexibility index (Phi) is 8.23. The van der Waals surface area contributed by atoms with Crippen LogP contribution in [-0.4, -0.2) is 67.9 Å². The summed E-state index contributed by atoms with van der Waals surface area (Å²) in [5.41, 5.74) is 2.47. The third-order valence-corrected chi connectivity index (χ3v) is 8.05. The lowest BCUT2D eigenvalue weighted by Crippen LogP contribution is -2.37. The molecule has 0 radical (unpaired) electrons. The SMILES string of the molecule is Cc1ccc(NC2CCC(Oc3nc(N4CCOCC4)cc4ncc(OC(C)c5cnc([N+](=O)[O-])n5C)cc34)CC2)nc1. The van der Waals surface area contributed by atoms with Crippen LogP contribution in [0.2, 0.25) is 0 Å². The lowest BCUT2D eigenvalue weighted by Gasteiger charge is -2.31. The van der Waals surface area contributed by atoms with Crippen LogP contribution in [0.15, 0.2) is 42.9 Å². The van der Waals surface area contributed by atoms with Crippen LogP contribution in [0, 0.1) is 17.0 Å². The van der Waals surface area contributed by atoms with Crippen LogP contribution < -0.4 is 19.7 Å². The van der Waals surface area contributed by atoms with Crippen LogP contribution in [0.3, 0.4) is 0 Å². The fourth-order valence-electron chi connectivity index (χ4n) is 5.64. The maximum absolute atomic E-state index is 11.3. The van der Waals surface area contributed by atoms with E-state index < -0.39 is 11.0 Å². The average molecular weight is 589 g/mol. The standard InChI is InChI=1S/C30H36N8O5/c1-19-4-9-27(32-16-19)34-21-5-7-22(8-6-21)43-29-24-14-23(42-20(2)26-18-33-30(36(26)3)38(39)40)17-31-25(24)15-28(35-29)37-10-12-41-13-11-37/h4,9,14-18,20-22H,5-8,10-13H2,1-3H3,(H,32,34). The molecule has 1 unspecified atom stereocenters. The highest BCUT2D eigenvalue weighted by molar-refractivity contribution is 5.87. The van der Waals surface area contributed by atoms with Gasteiger partial charge in [-0.25, -0.2) is 9.55 Å². The van der Waals surface area contributed by atoms with E-state index in [1.54, 1.807) is 13.2 Å². The van der Waals surface area contributed by atoms with E-state index >= 15 is 0 Å². The number of ether oxygens (including phenoxy) is 3. The van der Waals surface area contributed by atoms with Gasteiger partial charge in [0.2, 0.25) is 5.88 Å². The van der Waals surface area contributed by atoms with Crippen molar-refractivity contribution < 1.29 is 19.1 Å². The van der Waals surface area contributed by atoms with E-state index in [4.69, 9.17) is 24.2 Å². The maximum Gasteiger partial charge on any atom is 0.434 e. The Morgan fingerprint density at radius 3 is 2.56 bits per heavy atom. The summed E-state index contributed by atoms with van der Waals surface area (Å²) >= 11 is 0. The van der Waals surface area contributed by atoms with Gasteiger partial charge in [0, 0.05) is 31.4 Å². The number of rotatable bonds is 9. The Balaban J connectivity index is 1.22. The molecular formula is C30H36N8O5. The number of fused-ring (bicyclic) bond motifs is 1. The Morgan fingerprint density at radius 2 is 1.86 bits per heavy atom. The van der Waals surface area contributed by atoms with E-state index in [-0.39, 0.29) is 12.1 Å². The lowest BCUT2D eigenvalue weighted by molar-refractivity contribution is -0.396. The topological polar surface area (TPSA) is 143 Å². The van der Waals surface area contributed by atoms with Crippen molar-refractivity contribution in [3.63, 3.8) is 0 Å². The number of hydrogen-bond donors (Lipinski definition) is 1. The van der Waals surface area contributed by atoms with Gasteiger partial charge in [-0.2, -0.15) is 4.98 Å². The van der Waals surface area contributed by atoms with Crippen molar-refractivity contribution in [2.24, 2.45) is 7.05 Å². The first-order valence-electron chi connectivity index (χ1n) is 14.7. The molecular weight excluding hydrogens is 552 g/mol. The van der Waals surface area contributed by atoms with Crippen LogP contribution >= 0.6 is 0 Å². The molecule has 0 aromatic carbocycles. The molecule has 43 heavy (non-hydrogen) atoms. The maximum atomic E-state index is 11.3. The zero-order chi connectivity index (χ0) is 29.9. The molecule has 5 heterocycles. The van der Waals surface area contributed by atoms with Crippen LogP contribution in [-0.2, 0) is 11.8 Å². The minimum absolute atomic E-state index is 0.0122. The molecule has 13 heteroatoms. The van der Waals surface area contributed by atoms with Gasteiger partial charge in [0.25, 0.3) is 0 Å². The number of nitrogens with zero attached hydrogens (tertiary/aromatic N) is 7. The predicted octanol–water partition coefficient (Wildman–Crippen LogP) is 4.75. The van der Waals surface area contributed by atoms with Crippen LogP contribution in [0.25, 0.3) is 10.9 Å². The van der Waals surface area contributed by atoms with Crippen molar-refractivity contribution >= 4 is 28.5 Å². The van der Waals surface area contributed by atoms with Crippen LogP contribution in [0.5, 0.6) is 11.6 Å². The minimum Gasteiger partial charge on any atom is -0.481 e. The predicted molar refractivity (Wildman–Crippen MR) is 161 cm³/mol. The molecule has 1 atom stereocenters. The number of nitrogens with one attached hydrogen (secondary N) is 1. The summed E-state index contributed by atoms with van der Waals surface area (Å²) in [6.07, 6.45) is 8.20. The summed E-state index contributed by atoms with van der Waals surface area (Å²) in [5, 5.41) is 15.6. The number of anilines is 2. The molecule has 6 rings (SSSR count). The number of hydrogen-bond acceptors (Lipinski definition) is 11. The second-order valence-electron chi connectivity index (χ2n) is 11.1. The van der Waals surface area contributed by atoms with Crippen molar-refractivity contribution in [1.82, 2.24) is 24.5 Å². The molecule has 2 aliphatic rings. The first-order chi connectivity index (χ1) is 20.8. The fraction of sp³-hybridized carbons (Fsp3) is 0.467. The fourth-order valence-corrected chi connectivity index (χ4v) is 5.64. The quantitative estimate of drug-likeness (QED) is 0.214. The van der Waals surface area contributed by atoms with E-state index in [0.717, 1.165) is 66.9 Å². The van der Waals surface area contributed by atoms with Crippen LogP contribution in [0.4, 0.5) is 17.6 Å². The third kappa shape index (κ3) is 6.46.